The summed E-state index contributed by atoms with van der Waals surface area (Å²) in [6.45, 7) is 26.3. The van der Waals surface area contributed by atoms with Crippen LogP contribution in [0.3, 0.4) is 0 Å². The first kappa shape index (κ1) is 29.0. The average Bonchev–Trinajstić information content (AvgIpc) is 3.10. The maximum absolute atomic E-state index is 6.83. The Morgan fingerprint density at radius 2 is 1.74 bits per heavy atom. The second-order valence-corrected chi connectivity index (χ2v) is 19.4. The Balaban J connectivity index is 1.70. The van der Waals surface area contributed by atoms with E-state index in [2.05, 4.69) is 80.3 Å². The zero-order chi connectivity index (χ0) is 26.0. The van der Waals surface area contributed by atoms with Crippen LogP contribution >= 0.6 is 0 Å². The van der Waals surface area contributed by atoms with Crippen LogP contribution < -0.4 is 0 Å². The van der Waals surface area contributed by atoms with Gasteiger partial charge in [0.1, 0.15) is 0 Å². The molecule has 35 heavy (non-hydrogen) atoms. The number of hydrogen-bond acceptors (Lipinski definition) is 1. The van der Waals surface area contributed by atoms with Gasteiger partial charge in [-0.1, -0.05) is 92.0 Å². The predicted molar refractivity (Wildman–Crippen MR) is 157 cm³/mol. The van der Waals surface area contributed by atoms with Crippen molar-refractivity contribution in [1.29, 1.82) is 0 Å². The standard InChI is InChI=1S/C33H58OSi/c1-24(2)14-11-15-25(3)29-21-22-30-28(17-13-23-33(29,30)8)20-19-27-16-12-18-31(26(27)4)34-35(9,10)32(5,6)7/h19-20,24-25,29-31H,4,11-18,21-23H2,1-3,5-10H3/b27-19-,28-20+/t25-,29?,30+,31+,33-/m1/s1. The highest BCUT2D eigenvalue weighted by atomic mass is 28.4. The molecule has 5 atom stereocenters. The average molecular weight is 499 g/mol. The van der Waals surface area contributed by atoms with Gasteiger partial charge in [-0.2, -0.15) is 0 Å². The molecule has 0 aliphatic heterocycles. The van der Waals surface area contributed by atoms with Crippen molar-refractivity contribution in [2.45, 2.75) is 143 Å². The van der Waals surface area contributed by atoms with Crippen LogP contribution in [-0.2, 0) is 4.43 Å². The lowest BCUT2D eigenvalue weighted by Crippen LogP contribution is -2.45. The molecule has 0 N–H and O–H groups in total. The van der Waals surface area contributed by atoms with Crippen LogP contribution in [0.4, 0.5) is 0 Å². The van der Waals surface area contributed by atoms with Crippen molar-refractivity contribution in [3.8, 4) is 0 Å². The Hall–Kier alpha value is -0.603. The van der Waals surface area contributed by atoms with Crippen molar-refractivity contribution in [2.75, 3.05) is 0 Å². The van der Waals surface area contributed by atoms with Crippen LogP contribution in [0.25, 0.3) is 0 Å². The topological polar surface area (TPSA) is 9.23 Å². The third-order valence-electron chi connectivity index (χ3n) is 10.6. The van der Waals surface area contributed by atoms with Gasteiger partial charge in [-0.05, 0) is 110 Å². The monoisotopic (exact) mass is 498 g/mol. The summed E-state index contributed by atoms with van der Waals surface area (Å²) in [6.07, 6.45) is 19.9. The molecule has 0 aromatic heterocycles. The molecule has 3 aliphatic rings. The molecule has 0 spiro atoms. The van der Waals surface area contributed by atoms with Gasteiger partial charge in [-0.25, -0.2) is 0 Å². The van der Waals surface area contributed by atoms with Crippen LogP contribution in [0, 0.1) is 29.1 Å². The molecule has 0 aromatic rings. The smallest absolute Gasteiger partial charge is 0.192 e. The molecule has 1 nitrogen and oxygen atoms in total. The summed E-state index contributed by atoms with van der Waals surface area (Å²) < 4.78 is 6.83. The molecular formula is C33H58OSi. The molecule has 0 bridgehead atoms. The van der Waals surface area contributed by atoms with Crippen LogP contribution in [0.2, 0.25) is 18.1 Å². The van der Waals surface area contributed by atoms with Crippen LogP contribution in [0.5, 0.6) is 0 Å². The lowest BCUT2D eigenvalue weighted by atomic mass is 9.60. The molecule has 3 aliphatic carbocycles. The van der Waals surface area contributed by atoms with Crippen molar-refractivity contribution >= 4 is 8.32 Å². The van der Waals surface area contributed by atoms with Crippen molar-refractivity contribution < 1.29 is 4.43 Å². The largest absolute Gasteiger partial charge is 0.410 e. The van der Waals surface area contributed by atoms with Gasteiger partial charge in [-0.15, -0.1) is 0 Å². The molecule has 0 radical (unpaired) electrons. The Morgan fingerprint density at radius 3 is 2.40 bits per heavy atom. The molecule has 3 fully saturated rings. The molecule has 3 rings (SSSR count). The maximum atomic E-state index is 6.83. The molecule has 3 saturated carbocycles. The minimum Gasteiger partial charge on any atom is -0.410 e. The number of allylic oxidation sites excluding steroid dienone is 3. The Kier molecular flexibility index (Phi) is 9.45. The first-order valence-electron chi connectivity index (χ1n) is 15.0. The van der Waals surface area contributed by atoms with E-state index in [9.17, 15) is 0 Å². The third kappa shape index (κ3) is 6.64. The number of hydrogen-bond donors (Lipinski definition) is 0. The molecule has 0 heterocycles. The third-order valence-corrected chi connectivity index (χ3v) is 15.1. The van der Waals surface area contributed by atoms with E-state index < -0.39 is 8.32 Å². The Labute approximate surface area is 220 Å². The fourth-order valence-corrected chi connectivity index (χ4v) is 8.67. The summed E-state index contributed by atoms with van der Waals surface area (Å²) in [4.78, 5) is 0. The van der Waals surface area contributed by atoms with Gasteiger partial charge in [0.05, 0.1) is 6.10 Å². The van der Waals surface area contributed by atoms with E-state index in [1.807, 2.05) is 0 Å². The van der Waals surface area contributed by atoms with E-state index in [1.165, 1.54) is 68.9 Å². The van der Waals surface area contributed by atoms with Crippen molar-refractivity contribution in [2.24, 2.45) is 29.1 Å². The van der Waals surface area contributed by atoms with Gasteiger partial charge in [0.25, 0.3) is 0 Å². The van der Waals surface area contributed by atoms with E-state index in [1.54, 1.807) is 5.57 Å². The zero-order valence-electron chi connectivity index (χ0n) is 24.9. The van der Waals surface area contributed by atoms with E-state index >= 15 is 0 Å². The van der Waals surface area contributed by atoms with Gasteiger partial charge in [0, 0.05) is 0 Å². The SMILES string of the molecule is C=C1/C(=C\C=C2/CCC[C@]3(C)C([C@H](C)CCCC(C)C)CC[C@@H]23)CCC[C@@H]1O[Si](C)(C)C(C)(C)C. The fourth-order valence-electron chi connectivity index (χ4n) is 7.34. The number of fused-ring (bicyclic) bond motifs is 1. The fraction of sp³-hybridized carbons (Fsp3) is 0.818. The van der Waals surface area contributed by atoms with Crippen molar-refractivity contribution in [1.82, 2.24) is 0 Å². The van der Waals surface area contributed by atoms with Crippen molar-refractivity contribution in [3.63, 3.8) is 0 Å². The lowest BCUT2D eigenvalue weighted by Gasteiger charge is -2.44. The normalized spacial score (nSPS) is 33.5. The highest BCUT2D eigenvalue weighted by molar-refractivity contribution is 6.74. The van der Waals surface area contributed by atoms with Gasteiger partial charge < -0.3 is 4.43 Å². The molecule has 0 saturated heterocycles. The Morgan fingerprint density at radius 1 is 1.03 bits per heavy atom. The minimum atomic E-state index is -1.78. The maximum Gasteiger partial charge on any atom is 0.192 e. The lowest BCUT2D eigenvalue weighted by molar-refractivity contribution is 0.0929. The predicted octanol–water partition coefficient (Wildman–Crippen LogP) is 10.6. The van der Waals surface area contributed by atoms with E-state index in [4.69, 9.17) is 4.43 Å². The number of rotatable bonds is 8. The van der Waals surface area contributed by atoms with E-state index in [-0.39, 0.29) is 11.1 Å². The van der Waals surface area contributed by atoms with Gasteiger partial charge >= 0.3 is 0 Å². The summed E-state index contributed by atoms with van der Waals surface area (Å²) in [5.74, 6) is 3.41. The molecule has 1 unspecified atom stereocenters. The zero-order valence-corrected chi connectivity index (χ0v) is 25.9. The van der Waals surface area contributed by atoms with Crippen molar-refractivity contribution in [3.05, 3.63) is 35.5 Å². The summed E-state index contributed by atoms with van der Waals surface area (Å²) in [6, 6.07) is 0. The van der Waals surface area contributed by atoms with Crippen LogP contribution in [0.1, 0.15) is 119 Å². The van der Waals surface area contributed by atoms with Gasteiger partial charge in [-0.3, -0.25) is 0 Å². The summed E-state index contributed by atoms with van der Waals surface area (Å²) >= 11 is 0. The highest BCUT2D eigenvalue weighted by Gasteiger charge is 2.50. The molecule has 0 aromatic carbocycles. The van der Waals surface area contributed by atoms with Crippen LogP contribution in [-0.4, -0.2) is 14.4 Å². The first-order chi connectivity index (χ1) is 16.3. The summed E-state index contributed by atoms with van der Waals surface area (Å²) in [5, 5.41) is 0.244. The minimum absolute atomic E-state index is 0.216. The second-order valence-electron chi connectivity index (χ2n) is 14.6. The van der Waals surface area contributed by atoms with Gasteiger partial charge in [0.2, 0.25) is 0 Å². The van der Waals surface area contributed by atoms with Gasteiger partial charge in [0.15, 0.2) is 8.32 Å². The molecule has 0 amide bonds. The first-order valence-corrected chi connectivity index (χ1v) is 17.9. The molecule has 2 heteroatoms. The summed E-state index contributed by atoms with van der Waals surface area (Å²) in [7, 11) is -1.78. The quantitative estimate of drug-likeness (QED) is 0.302. The molecule has 200 valence electrons. The Bertz CT molecular complexity index is 794. The highest BCUT2D eigenvalue weighted by Crippen LogP contribution is 2.60. The van der Waals surface area contributed by atoms with E-state index in [0.29, 0.717) is 5.41 Å². The second kappa shape index (κ2) is 11.4. The summed E-state index contributed by atoms with van der Waals surface area (Å²) in [5.41, 5.74) is 4.97. The van der Waals surface area contributed by atoms with Crippen LogP contribution in [0.15, 0.2) is 35.5 Å². The molecular weight excluding hydrogens is 440 g/mol. The van der Waals surface area contributed by atoms with E-state index in [0.717, 1.165) is 36.5 Å².